The molecule has 2 N–H and O–H groups in total. The number of halogens is 1. The highest BCUT2D eigenvalue weighted by Crippen LogP contribution is 2.30. The quantitative estimate of drug-likeness (QED) is 0.614. The van der Waals surface area contributed by atoms with Gasteiger partial charge in [0.15, 0.2) is 17.3 Å². The molecule has 0 saturated heterocycles. The van der Waals surface area contributed by atoms with Crippen LogP contribution in [0.4, 0.5) is 5.82 Å². The van der Waals surface area contributed by atoms with E-state index in [1.165, 1.54) is 0 Å². The van der Waals surface area contributed by atoms with Crippen LogP contribution in [0.15, 0.2) is 53.2 Å². The van der Waals surface area contributed by atoms with Gasteiger partial charge in [0.05, 0.1) is 11.0 Å². The molecule has 0 saturated carbocycles. The van der Waals surface area contributed by atoms with Crippen LogP contribution in [-0.2, 0) is 0 Å². The number of imidazole rings is 1. The Hall–Kier alpha value is -2.86. The number of nitrogen functional groups attached to an aromatic ring is 1. The third-order valence-corrected chi connectivity index (χ3v) is 3.59. The van der Waals surface area contributed by atoms with Gasteiger partial charge in [0, 0.05) is 10.7 Å². The average Bonchev–Trinajstić information content (AvgIpc) is 3.10. The smallest absolute Gasteiger partial charge is 0.199 e. The molecule has 4 rings (SSSR count). The molecule has 108 valence electrons. The maximum Gasteiger partial charge on any atom is 0.199 e. The van der Waals surface area contributed by atoms with Crippen LogP contribution in [0, 0.1) is 0 Å². The van der Waals surface area contributed by atoms with Crippen LogP contribution >= 0.6 is 11.6 Å². The average molecular weight is 312 g/mol. The molecule has 0 amide bonds. The molecule has 7 heteroatoms. The van der Waals surface area contributed by atoms with Crippen LogP contribution in [0.5, 0.6) is 0 Å². The van der Waals surface area contributed by atoms with E-state index in [0.717, 1.165) is 16.7 Å². The lowest BCUT2D eigenvalue weighted by Crippen LogP contribution is -1.99. The molecule has 0 aliphatic rings. The number of para-hydroxylation sites is 2. The number of hydrogen-bond acceptors (Lipinski definition) is 5. The Balaban J connectivity index is 2.09. The molecule has 2 heterocycles. The van der Waals surface area contributed by atoms with Crippen LogP contribution in [0.3, 0.4) is 0 Å². The summed E-state index contributed by atoms with van der Waals surface area (Å²) >= 11 is 6.12. The predicted molar refractivity (Wildman–Crippen MR) is 83.8 cm³/mol. The summed E-state index contributed by atoms with van der Waals surface area (Å²) in [5, 5.41) is 8.12. The number of rotatable bonds is 2. The Bertz CT molecular complexity index is 975. The molecule has 0 fully saturated rings. The highest BCUT2D eigenvalue weighted by Gasteiger charge is 2.20. The van der Waals surface area contributed by atoms with Gasteiger partial charge < -0.3 is 5.73 Å². The number of aromatic nitrogens is 4. The highest BCUT2D eigenvalue weighted by molar-refractivity contribution is 6.30. The summed E-state index contributed by atoms with van der Waals surface area (Å²) in [6, 6.07) is 15.2. The van der Waals surface area contributed by atoms with Crippen LogP contribution in [-0.4, -0.2) is 19.9 Å². The van der Waals surface area contributed by atoms with Gasteiger partial charge in [-0.05, 0) is 40.6 Å². The van der Waals surface area contributed by atoms with Gasteiger partial charge in [0.2, 0.25) is 0 Å². The first kappa shape index (κ1) is 12.8. The molecule has 0 radical (unpaired) electrons. The Kier molecular flexibility index (Phi) is 2.83. The molecular weight excluding hydrogens is 302 g/mol. The van der Waals surface area contributed by atoms with E-state index in [1.54, 1.807) is 0 Å². The molecule has 4 aromatic rings. The highest BCUT2D eigenvalue weighted by atomic mass is 35.5. The minimum atomic E-state index is 0.193. The lowest BCUT2D eigenvalue weighted by Gasteiger charge is -2.08. The monoisotopic (exact) mass is 311 g/mol. The molecule has 0 unspecified atom stereocenters. The first-order valence-electron chi connectivity index (χ1n) is 6.56. The Morgan fingerprint density at radius 3 is 2.68 bits per heavy atom. The standard InChI is InChI=1S/C15H10ClN5O/c16-9-4-3-5-10(8-9)21-12-7-2-1-6-11(12)18-15(21)13-14(17)20-22-19-13/h1-8H,(H2,17,20). The predicted octanol–water partition coefficient (Wildman–Crippen LogP) is 3.31. The summed E-state index contributed by atoms with van der Waals surface area (Å²) < 4.78 is 6.63. The van der Waals surface area contributed by atoms with Crippen molar-refractivity contribution in [2.75, 3.05) is 5.73 Å². The fourth-order valence-electron chi connectivity index (χ4n) is 2.41. The molecule has 0 bridgehead atoms. The number of fused-ring (bicyclic) bond motifs is 1. The lowest BCUT2D eigenvalue weighted by molar-refractivity contribution is 0.310. The first-order chi connectivity index (χ1) is 10.7. The Morgan fingerprint density at radius 2 is 1.91 bits per heavy atom. The van der Waals surface area contributed by atoms with Crippen molar-refractivity contribution in [3.63, 3.8) is 0 Å². The zero-order valence-corrected chi connectivity index (χ0v) is 12.0. The van der Waals surface area contributed by atoms with Crippen LogP contribution in [0.1, 0.15) is 0 Å². The lowest BCUT2D eigenvalue weighted by atomic mass is 10.2. The maximum atomic E-state index is 6.12. The van der Waals surface area contributed by atoms with E-state index >= 15 is 0 Å². The minimum Gasteiger partial charge on any atom is -0.379 e. The van der Waals surface area contributed by atoms with Crippen molar-refractivity contribution in [1.29, 1.82) is 0 Å². The normalized spacial score (nSPS) is 11.1. The zero-order valence-electron chi connectivity index (χ0n) is 11.3. The first-order valence-corrected chi connectivity index (χ1v) is 6.93. The van der Waals surface area contributed by atoms with Crippen molar-refractivity contribution >= 4 is 28.5 Å². The van der Waals surface area contributed by atoms with E-state index in [4.69, 9.17) is 22.0 Å². The number of anilines is 1. The summed E-state index contributed by atoms with van der Waals surface area (Å²) in [5.74, 6) is 0.751. The molecule has 2 aromatic carbocycles. The Labute approximate surface area is 130 Å². The van der Waals surface area contributed by atoms with Gasteiger partial charge in [-0.1, -0.05) is 29.8 Å². The van der Waals surface area contributed by atoms with Crippen molar-refractivity contribution in [1.82, 2.24) is 19.9 Å². The van der Waals surface area contributed by atoms with Gasteiger partial charge in [0.25, 0.3) is 0 Å². The number of nitrogens with two attached hydrogens (primary N) is 1. The zero-order chi connectivity index (χ0) is 15.1. The number of hydrogen-bond donors (Lipinski definition) is 1. The molecule has 2 aromatic heterocycles. The van der Waals surface area contributed by atoms with Crippen molar-refractivity contribution < 1.29 is 4.63 Å². The van der Waals surface area contributed by atoms with E-state index in [9.17, 15) is 0 Å². The third kappa shape index (κ3) is 1.93. The van der Waals surface area contributed by atoms with Crippen LogP contribution in [0.25, 0.3) is 28.2 Å². The molecule has 6 nitrogen and oxygen atoms in total. The summed E-state index contributed by atoms with van der Waals surface area (Å²) in [6.07, 6.45) is 0. The largest absolute Gasteiger partial charge is 0.379 e. The van der Waals surface area contributed by atoms with Gasteiger partial charge in [0.1, 0.15) is 0 Å². The minimum absolute atomic E-state index is 0.193. The third-order valence-electron chi connectivity index (χ3n) is 3.35. The van der Waals surface area contributed by atoms with Gasteiger partial charge in [-0.15, -0.1) is 0 Å². The fourth-order valence-corrected chi connectivity index (χ4v) is 2.60. The summed E-state index contributed by atoms with van der Waals surface area (Å²) in [5.41, 5.74) is 8.82. The van der Waals surface area contributed by atoms with Crippen molar-refractivity contribution in [2.45, 2.75) is 0 Å². The molecule has 0 spiro atoms. The van der Waals surface area contributed by atoms with E-state index < -0.39 is 0 Å². The summed E-state index contributed by atoms with van der Waals surface area (Å²) in [7, 11) is 0. The van der Waals surface area contributed by atoms with E-state index in [0.29, 0.717) is 16.5 Å². The summed E-state index contributed by atoms with van der Waals surface area (Å²) in [4.78, 5) is 4.60. The molecule has 0 aliphatic heterocycles. The topological polar surface area (TPSA) is 82.8 Å². The van der Waals surface area contributed by atoms with E-state index in [2.05, 4.69) is 15.3 Å². The van der Waals surface area contributed by atoms with Crippen molar-refractivity contribution in [3.05, 3.63) is 53.6 Å². The second-order valence-corrected chi connectivity index (χ2v) is 5.17. The molecule has 22 heavy (non-hydrogen) atoms. The number of nitrogens with zero attached hydrogens (tertiary/aromatic N) is 4. The number of benzene rings is 2. The van der Waals surface area contributed by atoms with Gasteiger partial charge in [-0.2, -0.15) is 0 Å². The van der Waals surface area contributed by atoms with Gasteiger partial charge in [-0.3, -0.25) is 4.57 Å². The van der Waals surface area contributed by atoms with Crippen molar-refractivity contribution in [3.8, 4) is 17.2 Å². The molecule has 0 atom stereocenters. The van der Waals surface area contributed by atoms with Gasteiger partial charge in [-0.25, -0.2) is 9.61 Å². The SMILES string of the molecule is Nc1nonc1-c1nc2ccccc2n1-c1cccc(Cl)c1. The van der Waals surface area contributed by atoms with E-state index in [-0.39, 0.29) is 5.82 Å². The second kappa shape index (κ2) is 4.85. The van der Waals surface area contributed by atoms with Crippen molar-refractivity contribution in [2.24, 2.45) is 0 Å². The second-order valence-electron chi connectivity index (χ2n) is 4.74. The van der Waals surface area contributed by atoms with Crippen LogP contribution in [0.2, 0.25) is 5.02 Å². The van der Waals surface area contributed by atoms with Crippen LogP contribution < -0.4 is 5.73 Å². The maximum absolute atomic E-state index is 6.12. The summed E-state index contributed by atoms with van der Waals surface area (Å²) in [6.45, 7) is 0. The van der Waals surface area contributed by atoms with Gasteiger partial charge >= 0.3 is 0 Å². The Morgan fingerprint density at radius 1 is 1.05 bits per heavy atom. The molecular formula is C15H10ClN5O. The van der Waals surface area contributed by atoms with E-state index in [1.807, 2.05) is 53.1 Å². The fraction of sp³-hybridized carbons (Fsp3) is 0. The molecule has 0 aliphatic carbocycles.